The van der Waals surface area contributed by atoms with Gasteiger partial charge < -0.3 is 5.73 Å². The van der Waals surface area contributed by atoms with Gasteiger partial charge in [-0.2, -0.15) is 0 Å². The fraction of sp³-hybridized carbons (Fsp3) is 0.625. The quantitative estimate of drug-likeness (QED) is 0.556. The summed E-state index contributed by atoms with van der Waals surface area (Å²) >= 11 is 0. The predicted molar refractivity (Wildman–Crippen MR) is 87.6 cm³/mol. The summed E-state index contributed by atoms with van der Waals surface area (Å²) in [6, 6.07) is 6.10. The number of hydrazine groups is 2. The van der Waals surface area contributed by atoms with Gasteiger partial charge in [0.25, 0.3) is 0 Å². The van der Waals surface area contributed by atoms with Crippen LogP contribution in [0.4, 0.5) is 17.1 Å². The van der Waals surface area contributed by atoms with E-state index in [1.54, 1.807) is 0 Å². The number of nitrogens with two attached hydrogens (primary N) is 1. The van der Waals surface area contributed by atoms with Gasteiger partial charge in [0, 0.05) is 13.1 Å². The van der Waals surface area contributed by atoms with E-state index in [9.17, 15) is 0 Å². The number of hydrogen-bond acceptors (Lipinski definition) is 4. The molecule has 0 aromatic heterocycles. The summed E-state index contributed by atoms with van der Waals surface area (Å²) in [5, 5.41) is 4.48. The lowest BCUT2D eigenvalue weighted by Crippen LogP contribution is -2.42. The topological polar surface area (TPSA) is 44.5 Å². The van der Waals surface area contributed by atoms with Crippen molar-refractivity contribution in [1.29, 1.82) is 0 Å². The van der Waals surface area contributed by atoms with Gasteiger partial charge in [0.05, 0.1) is 17.1 Å². The minimum absolute atomic E-state index is 0.825. The average molecular weight is 276 g/mol. The molecule has 2 rings (SSSR count). The van der Waals surface area contributed by atoms with E-state index in [1.807, 2.05) is 12.1 Å². The summed E-state index contributed by atoms with van der Waals surface area (Å²) < 4.78 is 0. The molecule has 1 heterocycles. The summed E-state index contributed by atoms with van der Waals surface area (Å²) in [6.45, 7) is 6.43. The second-order valence-electron chi connectivity index (χ2n) is 5.46. The zero-order valence-corrected chi connectivity index (χ0v) is 12.9. The Balaban J connectivity index is 1.83. The molecule has 0 spiro atoms. The molecule has 0 amide bonds. The molecule has 0 atom stereocenters. The van der Waals surface area contributed by atoms with E-state index in [0.717, 1.165) is 24.5 Å². The standard InChI is InChI=1S/C16H28N4/c1-3-5-6-7-8-9-13-20-18-16-14(17)11-10-12-15(16)19(20)4-2/h10-12,18H,3-9,13,17H2,1-2H3. The molecule has 112 valence electrons. The zero-order valence-electron chi connectivity index (χ0n) is 12.9. The van der Waals surface area contributed by atoms with Gasteiger partial charge in [0.2, 0.25) is 0 Å². The summed E-state index contributed by atoms with van der Waals surface area (Å²) in [6.07, 6.45) is 7.93. The maximum atomic E-state index is 6.04. The third kappa shape index (κ3) is 3.37. The van der Waals surface area contributed by atoms with Crippen molar-refractivity contribution in [2.24, 2.45) is 0 Å². The van der Waals surface area contributed by atoms with E-state index in [-0.39, 0.29) is 0 Å². The molecule has 0 unspecified atom stereocenters. The van der Waals surface area contributed by atoms with Crippen molar-refractivity contribution >= 4 is 17.1 Å². The number of nitrogen functional groups attached to an aromatic ring is 1. The van der Waals surface area contributed by atoms with Crippen LogP contribution in [0.1, 0.15) is 52.4 Å². The molecule has 0 radical (unpaired) electrons. The Morgan fingerprint density at radius 3 is 2.55 bits per heavy atom. The Morgan fingerprint density at radius 2 is 1.80 bits per heavy atom. The molecule has 20 heavy (non-hydrogen) atoms. The van der Waals surface area contributed by atoms with E-state index in [2.05, 4.69) is 35.5 Å². The lowest BCUT2D eigenvalue weighted by atomic mass is 10.1. The van der Waals surface area contributed by atoms with Crippen molar-refractivity contribution in [3.63, 3.8) is 0 Å². The van der Waals surface area contributed by atoms with Gasteiger partial charge in [0.15, 0.2) is 0 Å². The van der Waals surface area contributed by atoms with E-state index < -0.39 is 0 Å². The van der Waals surface area contributed by atoms with Gasteiger partial charge in [-0.15, -0.1) is 5.12 Å². The molecular weight excluding hydrogens is 248 g/mol. The lowest BCUT2D eigenvalue weighted by Gasteiger charge is -2.28. The molecule has 1 aliphatic heterocycles. The number of benzene rings is 1. The lowest BCUT2D eigenvalue weighted by molar-refractivity contribution is 0.312. The van der Waals surface area contributed by atoms with Gasteiger partial charge in [-0.3, -0.25) is 10.4 Å². The molecule has 4 heteroatoms. The molecule has 1 aliphatic rings. The second-order valence-corrected chi connectivity index (χ2v) is 5.46. The van der Waals surface area contributed by atoms with E-state index in [4.69, 9.17) is 5.73 Å². The van der Waals surface area contributed by atoms with Crippen LogP contribution in [0.25, 0.3) is 0 Å². The highest BCUT2D eigenvalue weighted by Crippen LogP contribution is 2.37. The second kappa shape index (κ2) is 7.39. The molecule has 0 aliphatic carbocycles. The van der Waals surface area contributed by atoms with E-state index >= 15 is 0 Å². The van der Waals surface area contributed by atoms with Gasteiger partial charge >= 0.3 is 0 Å². The maximum Gasteiger partial charge on any atom is 0.0986 e. The Hall–Kier alpha value is -1.42. The third-order valence-electron chi connectivity index (χ3n) is 3.91. The molecular formula is C16H28N4. The molecule has 1 aromatic carbocycles. The molecule has 0 saturated heterocycles. The molecule has 0 saturated carbocycles. The first-order valence-corrected chi connectivity index (χ1v) is 7.98. The number of anilines is 3. The fourth-order valence-electron chi connectivity index (χ4n) is 2.77. The van der Waals surface area contributed by atoms with Crippen molar-refractivity contribution in [1.82, 2.24) is 5.12 Å². The third-order valence-corrected chi connectivity index (χ3v) is 3.91. The van der Waals surface area contributed by atoms with Crippen LogP contribution in [0.5, 0.6) is 0 Å². The van der Waals surface area contributed by atoms with Gasteiger partial charge in [0.1, 0.15) is 0 Å². The number of para-hydroxylation sites is 1. The van der Waals surface area contributed by atoms with Gasteiger partial charge in [-0.1, -0.05) is 45.1 Å². The largest absolute Gasteiger partial charge is 0.397 e. The first kappa shape index (κ1) is 15.0. The highest BCUT2D eigenvalue weighted by Gasteiger charge is 2.26. The summed E-state index contributed by atoms with van der Waals surface area (Å²) in [5.41, 5.74) is 12.6. The van der Waals surface area contributed by atoms with E-state index in [1.165, 1.54) is 44.2 Å². The molecule has 4 nitrogen and oxygen atoms in total. The number of unbranched alkanes of at least 4 members (excludes halogenated alkanes) is 5. The molecule has 3 N–H and O–H groups in total. The minimum Gasteiger partial charge on any atom is -0.397 e. The zero-order chi connectivity index (χ0) is 14.4. The first-order valence-electron chi connectivity index (χ1n) is 7.98. The van der Waals surface area contributed by atoms with Crippen molar-refractivity contribution in [3.05, 3.63) is 18.2 Å². The van der Waals surface area contributed by atoms with Crippen molar-refractivity contribution < 1.29 is 0 Å². The van der Waals surface area contributed by atoms with Gasteiger partial charge in [-0.25, -0.2) is 0 Å². The first-order chi connectivity index (χ1) is 9.77. The molecule has 0 bridgehead atoms. The van der Waals surface area contributed by atoms with Crippen molar-refractivity contribution in [2.45, 2.75) is 52.4 Å². The van der Waals surface area contributed by atoms with Crippen LogP contribution < -0.4 is 16.2 Å². The highest BCUT2D eigenvalue weighted by molar-refractivity contribution is 5.83. The van der Waals surface area contributed by atoms with Crippen LogP contribution in [0, 0.1) is 0 Å². The Labute approximate surface area is 122 Å². The Bertz CT molecular complexity index is 419. The number of nitrogens with zero attached hydrogens (tertiary/aromatic N) is 2. The monoisotopic (exact) mass is 276 g/mol. The number of nitrogens with one attached hydrogen (secondary N) is 1. The Morgan fingerprint density at radius 1 is 1.05 bits per heavy atom. The Kier molecular flexibility index (Phi) is 5.53. The van der Waals surface area contributed by atoms with Crippen LogP contribution >= 0.6 is 0 Å². The van der Waals surface area contributed by atoms with Crippen LogP contribution in [-0.4, -0.2) is 18.2 Å². The van der Waals surface area contributed by atoms with Crippen LogP contribution in [-0.2, 0) is 0 Å². The molecule has 0 fully saturated rings. The van der Waals surface area contributed by atoms with Crippen LogP contribution in [0.3, 0.4) is 0 Å². The van der Waals surface area contributed by atoms with Crippen LogP contribution in [0.2, 0.25) is 0 Å². The maximum absolute atomic E-state index is 6.04. The fourth-order valence-corrected chi connectivity index (χ4v) is 2.77. The number of fused-ring (bicyclic) bond motifs is 1. The highest BCUT2D eigenvalue weighted by atomic mass is 15.8. The van der Waals surface area contributed by atoms with Gasteiger partial charge in [-0.05, 0) is 25.5 Å². The number of hydrogen-bond donors (Lipinski definition) is 2. The van der Waals surface area contributed by atoms with Crippen molar-refractivity contribution in [3.8, 4) is 0 Å². The number of rotatable bonds is 8. The summed E-state index contributed by atoms with van der Waals surface area (Å²) in [4.78, 5) is 0. The summed E-state index contributed by atoms with van der Waals surface area (Å²) in [5.74, 6) is 0. The molecule has 1 aromatic rings. The smallest absolute Gasteiger partial charge is 0.0986 e. The normalized spacial score (nSPS) is 14.4. The van der Waals surface area contributed by atoms with Crippen molar-refractivity contribution in [2.75, 3.05) is 29.3 Å². The van der Waals surface area contributed by atoms with E-state index in [0.29, 0.717) is 0 Å². The SMILES string of the molecule is CCCCCCCCN1Nc2c(N)cccc2N1CC. The van der Waals surface area contributed by atoms with Crippen LogP contribution in [0.15, 0.2) is 18.2 Å². The average Bonchev–Trinajstić information content (AvgIpc) is 2.82. The minimum atomic E-state index is 0.825. The predicted octanol–water partition coefficient (Wildman–Crippen LogP) is 4.01. The summed E-state index contributed by atoms with van der Waals surface area (Å²) in [7, 11) is 0.